The Balaban J connectivity index is 0.000000720. The first-order valence-electron chi connectivity index (χ1n) is 3.71. The molecule has 76 valence electrons. The quantitative estimate of drug-likeness (QED) is 0.758. The second-order valence-electron chi connectivity index (χ2n) is 2.56. The number of nitrogens with one attached hydrogen (secondary N) is 1. The monoisotopic (exact) mass is 241 g/mol. The van der Waals surface area contributed by atoms with Crippen LogP contribution < -0.4 is 5.32 Å². The summed E-state index contributed by atoms with van der Waals surface area (Å²) in [6.45, 7) is 3.02. The van der Waals surface area contributed by atoms with Crippen LogP contribution in [0.15, 0.2) is 11.1 Å². The fraction of sp³-hybridized carbons (Fsp3) is 0.571. The molecule has 0 bridgehead atoms. The van der Waals surface area contributed by atoms with Crippen LogP contribution >= 0.6 is 36.6 Å². The third-order valence-corrected chi connectivity index (χ3v) is 2.70. The van der Waals surface area contributed by atoms with Gasteiger partial charge in [0.2, 0.25) is 0 Å². The van der Waals surface area contributed by atoms with Crippen LogP contribution in [0.25, 0.3) is 0 Å². The van der Waals surface area contributed by atoms with E-state index >= 15 is 0 Å². The van der Waals surface area contributed by atoms with E-state index in [0.29, 0.717) is 0 Å². The second kappa shape index (κ2) is 5.75. The van der Waals surface area contributed by atoms with E-state index in [-0.39, 0.29) is 24.8 Å². The Hall–Kier alpha value is 0.1000. The Morgan fingerprint density at radius 3 is 3.00 bits per heavy atom. The normalized spacial score (nSPS) is 13.9. The Bertz CT molecular complexity index is 251. The fourth-order valence-electron chi connectivity index (χ4n) is 1.33. The Kier molecular flexibility index (Phi) is 5.80. The molecule has 0 radical (unpaired) electrons. The molecule has 0 saturated carbocycles. The third kappa shape index (κ3) is 2.53. The van der Waals surface area contributed by atoms with E-state index < -0.39 is 0 Å². The van der Waals surface area contributed by atoms with Gasteiger partial charge in [-0.05, 0) is 6.26 Å². The summed E-state index contributed by atoms with van der Waals surface area (Å²) in [6, 6.07) is 0. The van der Waals surface area contributed by atoms with Crippen LogP contribution in [0.5, 0.6) is 0 Å². The van der Waals surface area contributed by atoms with Gasteiger partial charge >= 0.3 is 0 Å². The highest BCUT2D eigenvalue weighted by Crippen LogP contribution is 2.20. The van der Waals surface area contributed by atoms with Crippen LogP contribution in [-0.4, -0.2) is 22.6 Å². The van der Waals surface area contributed by atoms with Crippen molar-refractivity contribution in [1.82, 2.24) is 15.1 Å². The highest BCUT2D eigenvalue weighted by Gasteiger charge is 2.12. The van der Waals surface area contributed by atoms with Gasteiger partial charge in [-0.25, -0.2) is 0 Å². The minimum Gasteiger partial charge on any atom is -0.309 e. The van der Waals surface area contributed by atoms with Gasteiger partial charge in [0, 0.05) is 18.0 Å². The first-order chi connectivity index (χ1) is 5.42. The number of hydrogen-bond acceptors (Lipinski definition) is 3. The Morgan fingerprint density at radius 2 is 2.31 bits per heavy atom. The van der Waals surface area contributed by atoms with Crippen molar-refractivity contribution in [3.63, 3.8) is 0 Å². The van der Waals surface area contributed by atoms with Crippen LogP contribution in [-0.2, 0) is 13.1 Å². The van der Waals surface area contributed by atoms with Gasteiger partial charge in [0.1, 0.15) is 0 Å². The molecule has 0 aliphatic carbocycles. The molecule has 0 saturated heterocycles. The molecule has 0 amide bonds. The molecule has 0 aromatic carbocycles. The molecular weight excluding hydrogens is 229 g/mol. The van der Waals surface area contributed by atoms with Crippen molar-refractivity contribution in [3.05, 3.63) is 11.9 Å². The fourth-order valence-corrected chi connectivity index (χ4v) is 1.89. The summed E-state index contributed by atoms with van der Waals surface area (Å²) in [4.78, 5) is 1.30. The number of nitrogens with zero attached hydrogens (tertiary/aromatic N) is 2. The average Bonchev–Trinajstić information content (AvgIpc) is 2.47. The van der Waals surface area contributed by atoms with Gasteiger partial charge in [-0.2, -0.15) is 5.10 Å². The minimum absolute atomic E-state index is 0. The third-order valence-electron chi connectivity index (χ3n) is 1.92. The summed E-state index contributed by atoms with van der Waals surface area (Å²) in [5, 5.41) is 7.61. The van der Waals surface area contributed by atoms with E-state index in [1.54, 1.807) is 11.8 Å². The van der Waals surface area contributed by atoms with Gasteiger partial charge in [-0.3, -0.25) is 4.68 Å². The number of hydrogen-bond donors (Lipinski definition) is 1. The number of thioether (sulfide) groups is 1. The highest BCUT2D eigenvalue weighted by molar-refractivity contribution is 7.98. The zero-order chi connectivity index (χ0) is 7.68. The molecule has 1 aromatic rings. The first-order valence-corrected chi connectivity index (χ1v) is 4.93. The molecular formula is C7H13Cl2N3S. The molecule has 2 rings (SSSR count). The second-order valence-corrected chi connectivity index (χ2v) is 3.41. The van der Waals surface area contributed by atoms with Crippen molar-refractivity contribution >= 4 is 36.6 Å². The summed E-state index contributed by atoms with van der Waals surface area (Å²) in [5.74, 6) is 0. The van der Waals surface area contributed by atoms with Crippen molar-refractivity contribution < 1.29 is 0 Å². The molecule has 13 heavy (non-hydrogen) atoms. The van der Waals surface area contributed by atoms with Crippen LogP contribution in [0.4, 0.5) is 0 Å². The first kappa shape index (κ1) is 13.1. The summed E-state index contributed by atoms with van der Waals surface area (Å²) >= 11 is 1.77. The molecule has 1 aromatic heterocycles. The highest BCUT2D eigenvalue weighted by atomic mass is 35.5. The summed E-state index contributed by atoms with van der Waals surface area (Å²) in [6.07, 6.45) is 4.04. The lowest BCUT2D eigenvalue weighted by Crippen LogP contribution is -2.28. The van der Waals surface area contributed by atoms with Crippen LogP contribution in [0, 0.1) is 0 Å². The summed E-state index contributed by atoms with van der Waals surface area (Å²) in [5.41, 5.74) is 1.34. The van der Waals surface area contributed by atoms with E-state index in [4.69, 9.17) is 0 Å². The van der Waals surface area contributed by atoms with E-state index in [1.165, 1.54) is 10.6 Å². The predicted molar refractivity (Wildman–Crippen MR) is 60.2 cm³/mol. The largest absolute Gasteiger partial charge is 0.309 e. The molecule has 1 aliphatic rings. The number of aromatic nitrogens is 2. The van der Waals surface area contributed by atoms with Crippen LogP contribution in [0.1, 0.15) is 5.69 Å². The molecule has 1 N–H and O–H groups in total. The van der Waals surface area contributed by atoms with Crippen molar-refractivity contribution in [2.75, 3.05) is 12.8 Å². The van der Waals surface area contributed by atoms with Crippen molar-refractivity contribution in [2.24, 2.45) is 0 Å². The maximum atomic E-state index is 4.28. The number of fused-ring (bicyclic) bond motifs is 1. The van der Waals surface area contributed by atoms with Crippen LogP contribution in [0.3, 0.4) is 0 Å². The van der Waals surface area contributed by atoms with E-state index in [0.717, 1.165) is 19.6 Å². The predicted octanol–water partition coefficient (Wildman–Crippen LogP) is 1.55. The molecule has 6 heteroatoms. The Labute approximate surface area is 94.5 Å². The van der Waals surface area contributed by atoms with Crippen molar-refractivity contribution in [3.8, 4) is 0 Å². The van der Waals surface area contributed by atoms with Gasteiger partial charge in [0.15, 0.2) is 0 Å². The zero-order valence-corrected chi connectivity index (χ0v) is 9.77. The average molecular weight is 242 g/mol. The lowest BCUT2D eigenvalue weighted by molar-refractivity contribution is 0.471. The molecule has 3 nitrogen and oxygen atoms in total. The Morgan fingerprint density at radius 1 is 1.54 bits per heavy atom. The van der Waals surface area contributed by atoms with E-state index in [2.05, 4.69) is 21.4 Å². The zero-order valence-electron chi connectivity index (χ0n) is 7.32. The molecule has 0 atom stereocenters. The van der Waals surface area contributed by atoms with Crippen LogP contribution in [0.2, 0.25) is 0 Å². The summed E-state index contributed by atoms with van der Waals surface area (Å²) in [7, 11) is 0. The maximum absolute atomic E-state index is 4.28. The lowest BCUT2D eigenvalue weighted by atomic mass is 10.3. The molecule has 2 heterocycles. The number of rotatable bonds is 1. The smallest absolute Gasteiger partial charge is 0.0658 e. The van der Waals surface area contributed by atoms with Gasteiger partial charge in [-0.1, -0.05) is 0 Å². The SMILES string of the molecule is CSc1cnn2c1CNCC2.Cl.Cl. The molecule has 0 unspecified atom stereocenters. The van der Waals surface area contributed by atoms with Gasteiger partial charge < -0.3 is 5.32 Å². The van der Waals surface area contributed by atoms with Gasteiger partial charge in [0.25, 0.3) is 0 Å². The maximum Gasteiger partial charge on any atom is 0.0658 e. The molecule has 0 fully saturated rings. The standard InChI is InChI=1S/C7H11N3S.2ClH/c1-11-7-5-9-10-3-2-8-4-6(7)10;;/h5,8H,2-4H2,1H3;2*1H. The topological polar surface area (TPSA) is 29.9 Å². The van der Waals surface area contributed by atoms with Gasteiger partial charge in [-0.15, -0.1) is 36.6 Å². The minimum atomic E-state index is 0. The van der Waals surface area contributed by atoms with E-state index in [9.17, 15) is 0 Å². The molecule has 1 aliphatic heterocycles. The van der Waals surface area contributed by atoms with E-state index in [1.807, 2.05) is 6.20 Å². The molecule has 0 spiro atoms. The van der Waals surface area contributed by atoms with Crippen molar-refractivity contribution in [2.45, 2.75) is 18.0 Å². The number of halogens is 2. The lowest BCUT2D eigenvalue weighted by Gasteiger charge is -2.15. The van der Waals surface area contributed by atoms with Gasteiger partial charge in [0.05, 0.1) is 18.4 Å². The van der Waals surface area contributed by atoms with Crippen molar-refractivity contribution in [1.29, 1.82) is 0 Å². The summed E-state index contributed by atoms with van der Waals surface area (Å²) < 4.78 is 2.09.